The molecule has 0 N–H and O–H groups in total. The lowest BCUT2D eigenvalue weighted by atomic mass is 9.92. The van der Waals surface area contributed by atoms with E-state index in [0.717, 1.165) is 18.8 Å². The summed E-state index contributed by atoms with van der Waals surface area (Å²) in [5, 5.41) is 0. The van der Waals surface area contributed by atoms with Gasteiger partial charge in [0, 0.05) is 5.57 Å². The third kappa shape index (κ3) is 1.20. The number of hydrogen-bond donors (Lipinski definition) is 0. The molecular weight excluding hydrogens is 148 g/mol. The van der Waals surface area contributed by atoms with Crippen molar-refractivity contribution in [3.63, 3.8) is 0 Å². The van der Waals surface area contributed by atoms with Crippen LogP contribution in [0.2, 0.25) is 0 Å². The molecular formula is C11H14O. The van der Waals surface area contributed by atoms with Gasteiger partial charge in [0.05, 0.1) is 0 Å². The summed E-state index contributed by atoms with van der Waals surface area (Å²) in [5.41, 5.74) is 2.67. The monoisotopic (exact) mass is 162 g/mol. The Morgan fingerprint density at radius 1 is 1.42 bits per heavy atom. The summed E-state index contributed by atoms with van der Waals surface area (Å²) in [5.74, 6) is 1.73. The maximum absolute atomic E-state index is 5.54. The second kappa shape index (κ2) is 2.81. The lowest BCUT2D eigenvalue weighted by Crippen LogP contribution is -2.10. The van der Waals surface area contributed by atoms with Crippen LogP contribution in [0.5, 0.6) is 0 Å². The molecule has 1 heteroatoms. The summed E-state index contributed by atoms with van der Waals surface area (Å²) in [6.07, 6.45) is 7.79. The maximum Gasteiger partial charge on any atom is 0.123 e. The summed E-state index contributed by atoms with van der Waals surface area (Å²) in [4.78, 5) is 0. The van der Waals surface area contributed by atoms with E-state index >= 15 is 0 Å². The summed E-state index contributed by atoms with van der Waals surface area (Å²) in [6.45, 7) is 5.11. The van der Waals surface area contributed by atoms with Gasteiger partial charge in [0.25, 0.3) is 0 Å². The summed E-state index contributed by atoms with van der Waals surface area (Å²) in [6, 6.07) is 0. The fourth-order valence-electron chi connectivity index (χ4n) is 1.67. The highest BCUT2D eigenvalue weighted by Gasteiger charge is 2.17. The summed E-state index contributed by atoms with van der Waals surface area (Å²) >= 11 is 0. The molecule has 1 heterocycles. The molecule has 1 aliphatic carbocycles. The van der Waals surface area contributed by atoms with Gasteiger partial charge in [0.1, 0.15) is 12.4 Å². The summed E-state index contributed by atoms with van der Waals surface area (Å²) in [7, 11) is 0. The third-order valence-corrected chi connectivity index (χ3v) is 2.45. The van der Waals surface area contributed by atoms with Gasteiger partial charge >= 0.3 is 0 Å². The Kier molecular flexibility index (Phi) is 1.80. The first-order chi connectivity index (χ1) is 5.77. The second-order valence-corrected chi connectivity index (χ2v) is 3.56. The van der Waals surface area contributed by atoms with Gasteiger partial charge < -0.3 is 4.74 Å². The molecule has 0 spiro atoms. The van der Waals surface area contributed by atoms with E-state index in [2.05, 4.69) is 32.1 Å². The average Bonchev–Trinajstić information content (AvgIpc) is 2.04. The van der Waals surface area contributed by atoms with Crippen molar-refractivity contribution in [2.75, 3.05) is 6.61 Å². The van der Waals surface area contributed by atoms with Gasteiger partial charge in [0.15, 0.2) is 0 Å². The SMILES string of the molecule is CC1=CCOC2=CC(C)CC=C12. The molecule has 2 aliphatic rings. The molecule has 0 saturated carbocycles. The molecule has 0 amide bonds. The van der Waals surface area contributed by atoms with Crippen LogP contribution in [-0.2, 0) is 4.74 Å². The number of fused-ring (bicyclic) bond motifs is 1. The molecule has 1 unspecified atom stereocenters. The number of ether oxygens (including phenoxy) is 1. The van der Waals surface area contributed by atoms with Crippen molar-refractivity contribution < 1.29 is 4.74 Å². The zero-order valence-corrected chi connectivity index (χ0v) is 7.63. The highest BCUT2D eigenvalue weighted by atomic mass is 16.5. The average molecular weight is 162 g/mol. The fraction of sp³-hybridized carbons (Fsp3) is 0.455. The Balaban J connectivity index is 2.35. The van der Waals surface area contributed by atoms with Gasteiger partial charge in [-0.2, -0.15) is 0 Å². The predicted octanol–water partition coefficient (Wildman–Crippen LogP) is 2.81. The van der Waals surface area contributed by atoms with Crippen LogP contribution in [0.25, 0.3) is 0 Å². The van der Waals surface area contributed by atoms with E-state index in [1.54, 1.807) is 0 Å². The molecule has 12 heavy (non-hydrogen) atoms. The van der Waals surface area contributed by atoms with Gasteiger partial charge in [-0.25, -0.2) is 0 Å². The molecule has 0 saturated heterocycles. The van der Waals surface area contributed by atoms with Crippen LogP contribution in [0.15, 0.2) is 35.1 Å². The predicted molar refractivity (Wildman–Crippen MR) is 49.7 cm³/mol. The minimum atomic E-state index is 0.634. The topological polar surface area (TPSA) is 9.23 Å². The fourth-order valence-corrected chi connectivity index (χ4v) is 1.67. The molecule has 1 atom stereocenters. The van der Waals surface area contributed by atoms with Crippen molar-refractivity contribution in [3.05, 3.63) is 35.1 Å². The van der Waals surface area contributed by atoms with Crippen LogP contribution < -0.4 is 0 Å². The Bertz CT molecular complexity index is 281. The molecule has 0 aromatic carbocycles. The first-order valence-corrected chi connectivity index (χ1v) is 4.49. The molecule has 2 rings (SSSR count). The van der Waals surface area contributed by atoms with Crippen LogP contribution in [-0.4, -0.2) is 6.61 Å². The van der Waals surface area contributed by atoms with Crippen LogP contribution in [0.4, 0.5) is 0 Å². The third-order valence-electron chi connectivity index (χ3n) is 2.45. The molecule has 0 aromatic rings. The molecule has 64 valence electrons. The largest absolute Gasteiger partial charge is 0.489 e. The molecule has 0 aromatic heterocycles. The van der Waals surface area contributed by atoms with Gasteiger partial charge in [-0.1, -0.05) is 13.0 Å². The highest BCUT2D eigenvalue weighted by molar-refractivity contribution is 5.46. The first-order valence-electron chi connectivity index (χ1n) is 4.49. The van der Waals surface area contributed by atoms with E-state index in [1.807, 2.05) is 0 Å². The van der Waals surface area contributed by atoms with Crippen molar-refractivity contribution in [2.24, 2.45) is 5.92 Å². The van der Waals surface area contributed by atoms with Crippen molar-refractivity contribution in [1.29, 1.82) is 0 Å². The number of hydrogen-bond acceptors (Lipinski definition) is 1. The van der Waals surface area contributed by atoms with Crippen molar-refractivity contribution in [1.82, 2.24) is 0 Å². The first kappa shape index (κ1) is 7.66. The Morgan fingerprint density at radius 3 is 3.08 bits per heavy atom. The number of rotatable bonds is 0. The van der Waals surface area contributed by atoms with Gasteiger partial charge in [-0.15, -0.1) is 0 Å². The second-order valence-electron chi connectivity index (χ2n) is 3.56. The van der Waals surface area contributed by atoms with Crippen molar-refractivity contribution >= 4 is 0 Å². The van der Waals surface area contributed by atoms with E-state index in [9.17, 15) is 0 Å². The molecule has 1 aliphatic heterocycles. The highest BCUT2D eigenvalue weighted by Crippen LogP contribution is 2.30. The van der Waals surface area contributed by atoms with E-state index in [4.69, 9.17) is 4.74 Å². The minimum Gasteiger partial charge on any atom is -0.489 e. The Labute approximate surface area is 73.4 Å². The van der Waals surface area contributed by atoms with Crippen LogP contribution in [0.3, 0.4) is 0 Å². The Morgan fingerprint density at radius 2 is 2.25 bits per heavy atom. The molecule has 0 radical (unpaired) electrons. The molecule has 0 fully saturated rings. The van der Waals surface area contributed by atoms with Crippen molar-refractivity contribution in [2.45, 2.75) is 20.3 Å². The lowest BCUT2D eigenvalue weighted by Gasteiger charge is -2.23. The van der Waals surface area contributed by atoms with Crippen molar-refractivity contribution in [3.8, 4) is 0 Å². The van der Waals surface area contributed by atoms with Crippen LogP contribution in [0, 0.1) is 5.92 Å². The molecule has 0 bridgehead atoms. The standard InChI is InChI=1S/C11H14O/c1-8-3-4-10-9(2)5-6-12-11(10)7-8/h4-5,7-8H,3,6H2,1-2H3. The Hall–Kier alpha value is -0.980. The van der Waals surface area contributed by atoms with Crippen LogP contribution >= 0.6 is 0 Å². The maximum atomic E-state index is 5.54. The van der Waals surface area contributed by atoms with E-state index in [-0.39, 0.29) is 0 Å². The molecule has 1 nitrogen and oxygen atoms in total. The van der Waals surface area contributed by atoms with E-state index < -0.39 is 0 Å². The van der Waals surface area contributed by atoms with E-state index in [1.165, 1.54) is 11.1 Å². The number of allylic oxidation sites excluding steroid dienone is 3. The minimum absolute atomic E-state index is 0.634. The lowest BCUT2D eigenvalue weighted by molar-refractivity contribution is 0.244. The van der Waals surface area contributed by atoms with Gasteiger partial charge in [-0.05, 0) is 37.0 Å². The van der Waals surface area contributed by atoms with E-state index in [0.29, 0.717) is 5.92 Å². The smallest absolute Gasteiger partial charge is 0.123 e. The van der Waals surface area contributed by atoms with Gasteiger partial charge in [0.2, 0.25) is 0 Å². The zero-order chi connectivity index (χ0) is 8.55. The van der Waals surface area contributed by atoms with Gasteiger partial charge in [-0.3, -0.25) is 0 Å². The van der Waals surface area contributed by atoms with Crippen LogP contribution in [0.1, 0.15) is 20.3 Å². The summed E-state index contributed by atoms with van der Waals surface area (Å²) < 4.78 is 5.54. The normalized spacial score (nSPS) is 27.8. The zero-order valence-electron chi connectivity index (χ0n) is 7.63. The quantitative estimate of drug-likeness (QED) is 0.532.